The standard InChI is InChI=1S/C13H17N3O2S/c1-10-5-3-4-6-12(10)7-11(2)16-19(17,18)13-8-14-9-15-13/h3-6,8-9,11,16H,7H2,1-2H3,(H,14,15). The molecule has 1 aromatic heterocycles. The summed E-state index contributed by atoms with van der Waals surface area (Å²) in [5.41, 5.74) is 2.30. The Labute approximate surface area is 113 Å². The zero-order valence-electron chi connectivity index (χ0n) is 10.9. The number of hydrogen-bond acceptors (Lipinski definition) is 3. The molecule has 0 aliphatic heterocycles. The molecular weight excluding hydrogens is 262 g/mol. The zero-order chi connectivity index (χ0) is 13.9. The first-order valence-electron chi connectivity index (χ1n) is 6.04. The number of hydrogen-bond donors (Lipinski definition) is 2. The minimum Gasteiger partial charge on any atom is -0.335 e. The van der Waals surface area contributed by atoms with Crippen LogP contribution in [0.3, 0.4) is 0 Å². The van der Waals surface area contributed by atoms with E-state index in [9.17, 15) is 8.42 Å². The molecule has 0 radical (unpaired) electrons. The highest BCUT2D eigenvalue weighted by molar-refractivity contribution is 7.89. The van der Waals surface area contributed by atoms with Gasteiger partial charge in [-0.2, -0.15) is 0 Å². The van der Waals surface area contributed by atoms with Crippen LogP contribution >= 0.6 is 0 Å². The number of rotatable bonds is 5. The van der Waals surface area contributed by atoms with Crippen molar-refractivity contribution < 1.29 is 8.42 Å². The van der Waals surface area contributed by atoms with Gasteiger partial charge in [0, 0.05) is 6.04 Å². The SMILES string of the molecule is Cc1ccccc1CC(C)NS(=O)(=O)c1cnc[nH]1. The maximum absolute atomic E-state index is 12.0. The van der Waals surface area contributed by atoms with Crippen LogP contribution in [0, 0.1) is 6.92 Å². The highest BCUT2D eigenvalue weighted by Crippen LogP contribution is 2.11. The number of aryl methyl sites for hydroxylation is 1. The van der Waals surface area contributed by atoms with Gasteiger partial charge >= 0.3 is 0 Å². The number of aromatic nitrogens is 2. The molecule has 1 atom stereocenters. The molecule has 0 amide bonds. The van der Waals surface area contributed by atoms with Crippen molar-refractivity contribution in [2.45, 2.75) is 31.3 Å². The van der Waals surface area contributed by atoms with Gasteiger partial charge in [0.25, 0.3) is 10.0 Å². The Morgan fingerprint density at radius 2 is 2.11 bits per heavy atom. The fourth-order valence-electron chi connectivity index (χ4n) is 1.93. The maximum Gasteiger partial charge on any atom is 0.257 e. The lowest BCUT2D eigenvalue weighted by atomic mass is 10.0. The van der Waals surface area contributed by atoms with E-state index in [0.29, 0.717) is 6.42 Å². The summed E-state index contributed by atoms with van der Waals surface area (Å²) in [6.07, 6.45) is 3.30. The minimum atomic E-state index is -3.52. The van der Waals surface area contributed by atoms with Crippen molar-refractivity contribution in [3.63, 3.8) is 0 Å². The lowest BCUT2D eigenvalue weighted by Crippen LogP contribution is -2.34. The molecule has 2 aromatic rings. The number of sulfonamides is 1. The first-order valence-corrected chi connectivity index (χ1v) is 7.52. The lowest BCUT2D eigenvalue weighted by molar-refractivity contribution is 0.556. The quantitative estimate of drug-likeness (QED) is 0.873. The van der Waals surface area contributed by atoms with E-state index in [4.69, 9.17) is 0 Å². The van der Waals surface area contributed by atoms with Crippen molar-refractivity contribution in [2.24, 2.45) is 0 Å². The van der Waals surface area contributed by atoms with Crippen LogP contribution in [-0.2, 0) is 16.4 Å². The van der Waals surface area contributed by atoms with Gasteiger partial charge in [0.1, 0.15) is 0 Å². The maximum atomic E-state index is 12.0. The summed E-state index contributed by atoms with van der Waals surface area (Å²) < 4.78 is 26.6. The Balaban J connectivity index is 2.06. The van der Waals surface area contributed by atoms with Crippen molar-refractivity contribution in [2.75, 3.05) is 0 Å². The number of nitrogens with one attached hydrogen (secondary N) is 2. The van der Waals surface area contributed by atoms with Gasteiger partial charge in [0.2, 0.25) is 0 Å². The minimum absolute atomic E-state index is 0.0872. The van der Waals surface area contributed by atoms with Gasteiger partial charge in [-0.25, -0.2) is 18.1 Å². The molecule has 6 heteroatoms. The molecule has 19 heavy (non-hydrogen) atoms. The van der Waals surface area contributed by atoms with E-state index in [1.54, 1.807) is 0 Å². The van der Waals surface area contributed by atoms with Crippen molar-refractivity contribution in [3.05, 3.63) is 47.9 Å². The molecule has 0 aliphatic carbocycles. The van der Waals surface area contributed by atoms with Crippen LogP contribution in [0.25, 0.3) is 0 Å². The van der Waals surface area contributed by atoms with E-state index >= 15 is 0 Å². The molecule has 0 spiro atoms. The van der Waals surface area contributed by atoms with Gasteiger partial charge in [0.05, 0.1) is 12.5 Å². The predicted molar refractivity (Wildman–Crippen MR) is 73.3 cm³/mol. The van der Waals surface area contributed by atoms with Crippen molar-refractivity contribution in [1.29, 1.82) is 0 Å². The summed E-state index contributed by atoms with van der Waals surface area (Å²) in [7, 11) is -3.52. The molecule has 1 aromatic carbocycles. The van der Waals surface area contributed by atoms with Crippen molar-refractivity contribution >= 4 is 10.0 Å². The van der Waals surface area contributed by atoms with Crippen LogP contribution in [0.1, 0.15) is 18.1 Å². The molecule has 5 nitrogen and oxygen atoms in total. The molecule has 0 bridgehead atoms. The predicted octanol–water partition coefficient (Wildman–Crippen LogP) is 1.63. The second kappa shape index (κ2) is 5.54. The van der Waals surface area contributed by atoms with Crippen LogP contribution < -0.4 is 4.72 Å². The molecule has 0 saturated heterocycles. The summed E-state index contributed by atoms with van der Waals surface area (Å²) >= 11 is 0. The third-order valence-electron chi connectivity index (χ3n) is 2.91. The van der Waals surface area contributed by atoms with Crippen LogP contribution in [0.2, 0.25) is 0 Å². The van der Waals surface area contributed by atoms with E-state index in [1.165, 1.54) is 12.5 Å². The fourth-order valence-corrected chi connectivity index (χ4v) is 3.08. The van der Waals surface area contributed by atoms with E-state index in [2.05, 4.69) is 14.7 Å². The monoisotopic (exact) mass is 279 g/mol. The van der Waals surface area contributed by atoms with E-state index in [1.807, 2.05) is 38.1 Å². The molecule has 2 rings (SSSR count). The first kappa shape index (κ1) is 13.8. The van der Waals surface area contributed by atoms with Crippen LogP contribution in [0.15, 0.2) is 41.8 Å². The second-order valence-corrected chi connectivity index (χ2v) is 6.25. The van der Waals surface area contributed by atoms with Crippen molar-refractivity contribution in [3.8, 4) is 0 Å². The average molecular weight is 279 g/mol. The van der Waals surface area contributed by atoms with Gasteiger partial charge in [-0.15, -0.1) is 0 Å². The summed E-state index contributed by atoms with van der Waals surface area (Å²) in [6, 6.07) is 7.77. The summed E-state index contributed by atoms with van der Waals surface area (Å²) in [6.45, 7) is 3.87. The van der Waals surface area contributed by atoms with E-state index in [0.717, 1.165) is 11.1 Å². The first-order chi connectivity index (χ1) is 8.99. The Morgan fingerprint density at radius 1 is 1.37 bits per heavy atom. The third-order valence-corrected chi connectivity index (χ3v) is 4.42. The topological polar surface area (TPSA) is 74.8 Å². The largest absolute Gasteiger partial charge is 0.335 e. The Kier molecular flexibility index (Phi) is 4.01. The molecule has 0 fully saturated rings. The van der Waals surface area contributed by atoms with Crippen LogP contribution in [0.5, 0.6) is 0 Å². The van der Waals surface area contributed by atoms with Gasteiger partial charge in [-0.3, -0.25) is 0 Å². The Bertz CT molecular complexity index is 636. The second-order valence-electron chi connectivity index (χ2n) is 4.57. The number of imidazole rings is 1. The van der Waals surface area contributed by atoms with E-state index in [-0.39, 0.29) is 11.1 Å². The Hall–Kier alpha value is -1.66. The van der Waals surface area contributed by atoms with E-state index < -0.39 is 10.0 Å². The molecule has 1 unspecified atom stereocenters. The van der Waals surface area contributed by atoms with Gasteiger partial charge in [-0.05, 0) is 31.4 Å². The third kappa shape index (κ3) is 3.42. The summed E-state index contributed by atoms with van der Waals surface area (Å²) in [5, 5.41) is 0.0872. The fraction of sp³-hybridized carbons (Fsp3) is 0.308. The van der Waals surface area contributed by atoms with Gasteiger partial charge < -0.3 is 4.98 Å². The Morgan fingerprint density at radius 3 is 2.74 bits per heavy atom. The molecule has 0 aliphatic rings. The highest BCUT2D eigenvalue weighted by atomic mass is 32.2. The molecule has 2 N–H and O–H groups in total. The normalized spacial score (nSPS) is 13.4. The van der Waals surface area contributed by atoms with Gasteiger partial charge in [-0.1, -0.05) is 24.3 Å². The molecule has 0 saturated carbocycles. The molecular formula is C13H17N3O2S. The van der Waals surface area contributed by atoms with Crippen LogP contribution in [-0.4, -0.2) is 24.4 Å². The number of aromatic amines is 1. The van der Waals surface area contributed by atoms with Crippen LogP contribution in [0.4, 0.5) is 0 Å². The smallest absolute Gasteiger partial charge is 0.257 e. The average Bonchev–Trinajstić information content (AvgIpc) is 2.85. The number of nitrogens with zero attached hydrogens (tertiary/aromatic N) is 1. The highest BCUT2D eigenvalue weighted by Gasteiger charge is 2.18. The lowest BCUT2D eigenvalue weighted by Gasteiger charge is -2.14. The number of H-pyrrole nitrogens is 1. The molecule has 102 valence electrons. The molecule has 1 heterocycles. The van der Waals surface area contributed by atoms with Gasteiger partial charge in [0.15, 0.2) is 5.03 Å². The summed E-state index contributed by atoms with van der Waals surface area (Å²) in [5.74, 6) is 0. The zero-order valence-corrected chi connectivity index (χ0v) is 11.7. The number of benzene rings is 1. The summed E-state index contributed by atoms with van der Waals surface area (Å²) in [4.78, 5) is 6.32. The van der Waals surface area contributed by atoms with Crippen molar-refractivity contribution in [1.82, 2.24) is 14.7 Å².